The van der Waals surface area contributed by atoms with Crippen molar-refractivity contribution in [3.63, 3.8) is 0 Å². The van der Waals surface area contributed by atoms with Crippen LogP contribution >= 0.6 is 0 Å². The van der Waals surface area contributed by atoms with Crippen molar-refractivity contribution in [2.75, 3.05) is 16.3 Å². The van der Waals surface area contributed by atoms with Crippen LogP contribution in [-0.2, 0) is 18.0 Å². The van der Waals surface area contributed by atoms with E-state index in [4.69, 9.17) is 0 Å². The first-order chi connectivity index (χ1) is 10.9. The van der Waals surface area contributed by atoms with Crippen molar-refractivity contribution in [3.05, 3.63) is 46.9 Å². The van der Waals surface area contributed by atoms with E-state index in [0.717, 1.165) is 16.8 Å². The lowest BCUT2D eigenvalue weighted by atomic mass is 10.1. The topological polar surface area (TPSA) is 83.4 Å². The Bertz CT molecular complexity index is 773. The summed E-state index contributed by atoms with van der Waals surface area (Å²) in [6.07, 6.45) is 3.02. The molecule has 124 valence electrons. The molecule has 2 aromatic rings. The normalized spacial score (nSPS) is 13.4. The summed E-state index contributed by atoms with van der Waals surface area (Å²) >= 11 is 0. The average Bonchev–Trinajstić information content (AvgIpc) is 2.51. The molecule has 2 atom stereocenters. The summed E-state index contributed by atoms with van der Waals surface area (Å²) in [5.74, 6) is 0. The van der Waals surface area contributed by atoms with Crippen molar-refractivity contribution < 1.29 is 9.32 Å². The zero-order valence-corrected chi connectivity index (χ0v) is 14.2. The minimum atomic E-state index is -1.15. The van der Waals surface area contributed by atoms with Crippen LogP contribution in [0.2, 0.25) is 0 Å². The maximum absolute atomic E-state index is 12.2. The maximum Gasteiger partial charge on any atom is 0.273 e. The molecule has 0 amide bonds. The third kappa shape index (κ3) is 4.43. The second kappa shape index (κ2) is 7.43. The summed E-state index contributed by atoms with van der Waals surface area (Å²) in [7, 11) is 0.512. The van der Waals surface area contributed by atoms with E-state index in [9.17, 15) is 14.1 Å². The SMILES string of the molecule is CCC(O)Nc1cc(-c2cccc(NS(C)=O)c2)cn(C)c1=O. The van der Waals surface area contributed by atoms with Gasteiger partial charge in [-0.05, 0) is 30.2 Å². The number of benzene rings is 1. The minimum Gasteiger partial charge on any atom is -0.374 e. The Balaban J connectivity index is 2.43. The molecule has 0 aliphatic rings. The molecular weight excluding hydrogens is 314 g/mol. The number of pyridine rings is 1. The van der Waals surface area contributed by atoms with Crippen LogP contribution in [0.15, 0.2) is 41.3 Å². The Morgan fingerprint density at radius 3 is 2.70 bits per heavy atom. The quantitative estimate of drug-likeness (QED) is 0.704. The van der Waals surface area contributed by atoms with E-state index in [1.807, 2.05) is 31.2 Å². The van der Waals surface area contributed by atoms with Crippen LogP contribution < -0.4 is 15.6 Å². The molecule has 0 fully saturated rings. The highest BCUT2D eigenvalue weighted by Gasteiger charge is 2.09. The van der Waals surface area contributed by atoms with Gasteiger partial charge < -0.3 is 19.7 Å². The van der Waals surface area contributed by atoms with E-state index in [1.54, 1.807) is 25.6 Å². The minimum absolute atomic E-state index is 0.204. The fourth-order valence-electron chi connectivity index (χ4n) is 2.18. The molecular formula is C16H21N3O3S. The summed E-state index contributed by atoms with van der Waals surface area (Å²) in [6.45, 7) is 1.83. The van der Waals surface area contributed by atoms with Crippen LogP contribution in [-0.4, -0.2) is 26.4 Å². The third-order valence-corrected chi connectivity index (χ3v) is 3.87. The van der Waals surface area contributed by atoms with Gasteiger partial charge in [-0.2, -0.15) is 0 Å². The molecule has 7 heteroatoms. The highest BCUT2D eigenvalue weighted by atomic mass is 32.2. The second-order valence-electron chi connectivity index (χ2n) is 5.26. The molecule has 0 aliphatic heterocycles. The van der Waals surface area contributed by atoms with Crippen LogP contribution in [0, 0.1) is 0 Å². The lowest BCUT2D eigenvalue weighted by Gasteiger charge is -2.14. The molecule has 6 nitrogen and oxygen atoms in total. The van der Waals surface area contributed by atoms with Crippen molar-refractivity contribution >= 4 is 22.4 Å². The first-order valence-electron chi connectivity index (χ1n) is 7.26. The molecule has 0 spiro atoms. The van der Waals surface area contributed by atoms with E-state index >= 15 is 0 Å². The van der Waals surface area contributed by atoms with E-state index in [1.165, 1.54) is 4.57 Å². The largest absolute Gasteiger partial charge is 0.374 e. The first-order valence-corrected chi connectivity index (χ1v) is 8.82. The fraction of sp³-hybridized carbons (Fsp3) is 0.312. The molecule has 1 aromatic heterocycles. The number of aliphatic hydroxyl groups is 1. The van der Waals surface area contributed by atoms with Gasteiger partial charge in [0.25, 0.3) is 5.56 Å². The zero-order valence-electron chi connectivity index (χ0n) is 13.4. The molecule has 0 bridgehead atoms. The van der Waals surface area contributed by atoms with E-state index in [0.29, 0.717) is 12.1 Å². The highest BCUT2D eigenvalue weighted by molar-refractivity contribution is 7.85. The van der Waals surface area contributed by atoms with Crippen LogP contribution in [0.3, 0.4) is 0 Å². The van der Waals surface area contributed by atoms with Gasteiger partial charge in [-0.1, -0.05) is 19.1 Å². The lowest BCUT2D eigenvalue weighted by Crippen LogP contribution is -2.26. The van der Waals surface area contributed by atoms with Crippen molar-refractivity contribution in [1.82, 2.24) is 4.57 Å². The van der Waals surface area contributed by atoms with Gasteiger partial charge in [0.15, 0.2) is 0 Å². The molecule has 0 radical (unpaired) electrons. The molecule has 2 rings (SSSR count). The van der Waals surface area contributed by atoms with Gasteiger partial charge in [0.05, 0.1) is 0 Å². The highest BCUT2D eigenvalue weighted by Crippen LogP contribution is 2.24. The van der Waals surface area contributed by atoms with Crippen LogP contribution in [0.25, 0.3) is 11.1 Å². The number of aryl methyl sites for hydroxylation is 1. The smallest absolute Gasteiger partial charge is 0.273 e. The third-order valence-electron chi connectivity index (χ3n) is 3.35. The maximum atomic E-state index is 12.2. The predicted molar refractivity (Wildman–Crippen MR) is 94.7 cm³/mol. The van der Waals surface area contributed by atoms with Crippen LogP contribution in [0.1, 0.15) is 13.3 Å². The Kier molecular flexibility index (Phi) is 5.57. The standard InChI is InChI=1S/C16H21N3O3S/c1-4-15(20)17-14-9-12(10-19(2)16(14)21)11-6-5-7-13(8-11)18-23(3)22/h5-10,15,17-18,20H,4H2,1-3H3. The number of anilines is 2. The number of aliphatic hydroxyl groups excluding tert-OH is 1. The predicted octanol–water partition coefficient (Wildman–Crippen LogP) is 1.90. The van der Waals surface area contributed by atoms with E-state index in [-0.39, 0.29) is 5.56 Å². The Labute approximate surface area is 137 Å². The number of nitrogens with zero attached hydrogens (tertiary/aromatic N) is 1. The van der Waals surface area contributed by atoms with Crippen LogP contribution in [0.5, 0.6) is 0 Å². The van der Waals surface area contributed by atoms with Gasteiger partial charge in [0.1, 0.15) is 22.9 Å². The Morgan fingerprint density at radius 1 is 1.30 bits per heavy atom. The van der Waals surface area contributed by atoms with Crippen LogP contribution in [0.4, 0.5) is 11.4 Å². The van der Waals surface area contributed by atoms with Gasteiger partial charge in [0.2, 0.25) is 0 Å². The first kappa shape index (κ1) is 17.2. The lowest BCUT2D eigenvalue weighted by molar-refractivity contribution is 0.199. The molecule has 0 saturated carbocycles. The van der Waals surface area contributed by atoms with Gasteiger partial charge in [0, 0.05) is 30.8 Å². The van der Waals surface area contributed by atoms with Crippen molar-refractivity contribution in [3.8, 4) is 11.1 Å². The monoisotopic (exact) mass is 335 g/mol. The molecule has 23 heavy (non-hydrogen) atoms. The number of nitrogens with one attached hydrogen (secondary N) is 2. The van der Waals surface area contributed by atoms with Crippen molar-refractivity contribution in [2.24, 2.45) is 7.05 Å². The summed E-state index contributed by atoms with van der Waals surface area (Å²) in [5.41, 5.74) is 2.58. The van der Waals surface area contributed by atoms with Gasteiger partial charge in [-0.15, -0.1) is 0 Å². The van der Waals surface area contributed by atoms with Crippen molar-refractivity contribution in [2.45, 2.75) is 19.6 Å². The summed E-state index contributed by atoms with van der Waals surface area (Å²) < 4.78 is 15.6. The van der Waals surface area contributed by atoms with E-state index in [2.05, 4.69) is 10.0 Å². The zero-order chi connectivity index (χ0) is 17.0. The summed E-state index contributed by atoms with van der Waals surface area (Å²) in [4.78, 5) is 12.2. The average molecular weight is 335 g/mol. The number of aromatic nitrogens is 1. The number of hydrogen-bond donors (Lipinski definition) is 3. The molecule has 3 N–H and O–H groups in total. The van der Waals surface area contributed by atoms with Gasteiger partial charge in [-0.25, -0.2) is 4.21 Å². The second-order valence-corrected chi connectivity index (χ2v) is 6.38. The molecule has 0 aliphatic carbocycles. The Hall–Kier alpha value is -2.12. The van der Waals surface area contributed by atoms with Crippen molar-refractivity contribution in [1.29, 1.82) is 0 Å². The summed E-state index contributed by atoms with van der Waals surface area (Å²) in [6, 6.07) is 9.16. The van der Waals surface area contributed by atoms with Gasteiger partial charge >= 0.3 is 0 Å². The Morgan fingerprint density at radius 2 is 2.04 bits per heavy atom. The number of hydrogen-bond acceptors (Lipinski definition) is 4. The fourth-order valence-corrected chi connectivity index (χ4v) is 2.64. The number of rotatable bonds is 6. The molecule has 1 heterocycles. The van der Waals surface area contributed by atoms with Gasteiger partial charge in [-0.3, -0.25) is 4.79 Å². The summed E-state index contributed by atoms with van der Waals surface area (Å²) in [5, 5.41) is 12.5. The molecule has 2 unspecified atom stereocenters. The van der Waals surface area contributed by atoms with E-state index < -0.39 is 17.2 Å². The molecule has 1 aromatic carbocycles. The molecule has 0 saturated heterocycles.